The average Bonchev–Trinajstić information content (AvgIpc) is 2.18. The molecule has 0 spiro atoms. The zero-order valence-electron chi connectivity index (χ0n) is 9.67. The molecule has 1 aromatic rings. The molecule has 0 bridgehead atoms. The van der Waals surface area contributed by atoms with Crippen molar-refractivity contribution >= 4 is 5.69 Å². The summed E-state index contributed by atoms with van der Waals surface area (Å²) in [6, 6.07) is 6.58. The Kier molecular flexibility index (Phi) is 2.47. The second-order valence-corrected chi connectivity index (χ2v) is 4.91. The minimum Gasteiger partial charge on any atom is -0.388 e. The van der Waals surface area contributed by atoms with Gasteiger partial charge in [-0.2, -0.15) is 0 Å². The van der Waals surface area contributed by atoms with E-state index in [-0.39, 0.29) is 6.04 Å². The first kappa shape index (κ1) is 10.5. The minimum absolute atomic E-state index is 0.206. The van der Waals surface area contributed by atoms with Crippen LogP contribution in [-0.4, -0.2) is 16.7 Å². The van der Waals surface area contributed by atoms with E-state index in [1.54, 1.807) is 0 Å². The molecular weight excluding hydrogens is 186 g/mol. The van der Waals surface area contributed by atoms with E-state index >= 15 is 0 Å². The van der Waals surface area contributed by atoms with Crippen LogP contribution in [0.3, 0.4) is 0 Å². The standard InChI is InChI=1S/C13H19NO/c1-9-4-5-10(2)11(8-9)14-12-6-7-13(12,3)15/h4-5,8,12,14-15H,6-7H2,1-3H3/t12-,13-/m0/s1. The number of anilines is 1. The van der Waals surface area contributed by atoms with E-state index in [1.165, 1.54) is 11.1 Å². The van der Waals surface area contributed by atoms with Gasteiger partial charge in [-0.25, -0.2) is 0 Å². The SMILES string of the molecule is Cc1ccc(C)c(N[C@H]2CC[C@]2(C)O)c1. The fourth-order valence-electron chi connectivity index (χ4n) is 2.01. The van der Waals surface area contributed by atoms with Gasteiger partial charge in [0.05, 0.1) is 11.6 Å². The highest BCUT2D eigenvalue weighted by molar-refractivity contribution is 5.53. The van der Waals surface area contributed by atoms with Crippen LogP contribution in [0.5, 0.6) is 0 Å². The lowest BCUT2D eigenvalue weighted by Gasteiger charge is -2.43. The lowest BCUT2D eigenvalue weighted by molar-refractivity contribution is -0.0286. The molecule has 82 valence electrons. The monoisotopic (exact) mass is 205 g/mol. The van der Waals surface area contributed by atoms with Gasteiger partial charge in [0.1, 0.15) is 0 Å². The van der Waals surface area contributed by atoms with Crippen molar-refractivity contribution in [3.8, 4) is 0 Å². The second kappa shape index (κ2) is 3.53. The molecule has 1 aliphatic rings. The third kappa shape index (κ3) is 2.00. The normalized spacial score (nSPS) is 29.7. The largest absolute Gasteiger partial charge is 0.388 e. The Morgan fingerprint density at radius 2 is 2.13 bits per heavy atom. The summed E-state index contributed by atoms with van der Waals surface area (Å²) in [5.74, 6) is 0. The average molecular weight is 205 g/mol. The number of aryl methyl sites for hydroxylation is 2. The molecule has 15 heavy (non-hydrogen) atoms. The Morgan fingerprint density at radius 3 is 2.67 bits per heavy atom. The topological polar surface area (TPSA) is 32.3 Å². The highest BCUT2D eigenvalue weighted by Gasteiger charge is 2.40. The van der Waals surface area contributed by atoms with Gasteiger partial charge in [-0.05, 0) is 50.8 Å². The molecule has 1 saturated carbocycles. The first-order valence-corrected chi connectivity index (χ1v) is 5.55. The van der Waals surface area contributed by atoms with Gasteiger partial charge in [0.25, 0.3) is 0 Å². The quantitative estimate of drug-likeness (QED) is 0.778. The zero-order valence-corrected chi connectivity index (χ0v) is 9.67. The summed E-state index contributed by atoms with van der Waals surface area (Å²) >= 11 is 0. The summed E-state index contributed by atoms with van der Waals surface area (Å²) in [4.78, 5) is 0. The molecular formula is C13H19NO. The lowest BCUT2D eigenvalue weighted by Crippen LogP contribution is -2.53. The molecule has 2 atom stereocenters. The molecule has 2 N–H and O–H groups in total. The van der Waals surface area contributed by atoms with Gasteiger partial charge in [-0.3, -0.25) is 0 Å². The van der Waals surface area contributed by atoms with Crippen molar-refractivity contribution in [3.05, 3.63) is 29.3 Å². The van der Waals surface area contributed by atoms with Gasteiger partial charge < -0.3 is 10.4 Å². The van der Waals surface area contributed by atoms with Crippen LogP contribution in [0.1, 0.15) is 30.9 Å². The number of rotatable bonds is 2. The van der Waals surface area contributed by atoms with Crippen LogP contribution in [0, 0.1) is 13.8 Å². The third-order valence-electron chi connectivity index (χ3n) is 3.41. The first-order valence-electron chi connectivity index (χ1n) is 5.55. The Balaban J connectivity index is 2.14. The maximum Gasteiger partial charge on any atom is 0.0820 e. The summed E-state index contributed by atoms with van der Waals surface area (Å²) in [5.41, 5.74) is 3.11. The number of nitrogens with one attached hydrogen (secondary N) is 1. The highest BCUT2D eigenvalue weighted by atomic mass is 16.3. The lowest BCUT2D eigenvalue weighted by atomic mass is 9.76. The molecule has 0 radical (unpaired) electrons. The molecule has 1 fully saturated rings. The van der Waals surface area contributed by atoms with E-state index in [0.717, 1.165) is 18.5 Å². The summed E-state index contributed by atoms with van der Waals surface area (Å²) in [5, 5.41) is 13.4. The van der Waals surface area contributed by atoms with Crippen molar-refractivity contribution in [3.63, 3.8) is 0 Å². The van der Waals surface area contributed by atoms with Crippen LogP contribution in [0.15, 0.2) is 18.2 Å². The zero-order chi connectivity index (χ0) is 11.1. The maximum atomic E-state index is 9.93. The number of hydrogen-bond acceptors (Lipinski definition) is 2. The van der Waals surface area contributed by atoms with Crippen molar-refractivity contribution < 1.29 is 5.11 Å². The molecule has 0 unspecified atom stereocenters. The van der Waals surface area contributed by atoms with Gasteiger partial charge >= 0.3 is 0 Å². The van der Waals surface area contributed by atoms with Crippen molar-refractivity contribution in [1.29, 1.82) is 0 Å². The summed E-state index contributed by atoms with van der Waals surface area (Å²) < 4.78 is 0. The van der Waals surface area contributed by atoms with Gasteiger partial charge in [0.15, 0.2) is 0 Å². The van der Waals surface area contributed by atoms with Crippen molar-refractivity contribution in [2.24, 2.45) is 0 Å². The predicted octanol–water partition coefficient (Wildman–Crippen LogP) is 2.63. The molecule has 0 amide bonds. The van der Waals surface area contributed by atoms with Crippen molar-refractivity contribution in [1.82, 2.24) is 0 Å². The van der Waals surface area contributed by atoms with E-state index in [1.807, 2.05) is 6.92 Å². The number of benzene rings is 1. The van der Waals surface area contributed by atoms with Crippen molar-refractivity contribution in [2.75, 3.05) is 5.32 Å². The Bertz CT molecular complexity index is 371. The van der Waals surface area contributed by atoms with Crippen LogP contribution >= 0.6 is 0 Å². The van der Waals surface area contributed by atoms with E-state index in [9.17, 15) is 5.11 Å². The van der Waals surface area contributed by atoms with Crippen LogP contribution in [0.2, 0.25) is 0 Å². The molecule has 2 nitrogen and oxygen atoms in total. The van der Waals surface area contributed by atoms with Gasteiger partial charge in [0.2, 0.25) is 0 Å². The molecule has 1 aromatic carbocycles. The molecule has 0 saturated heterocycles. The summed E-state index contributed by atoms with van der Waals surface area (Å²) in [6.07, 6.45) is 1.95. The van der Waals surface area contributed by atoms with E-state index < -0.39 is 5.60 Å². The van der Waals surface area contributed by atoms with Crippen LogP contribution < -0.4 is 5.32 Å². The molecule has 0 aromatic heterocycles. The predicted molar refractivity (Wildman–Crippen MR) is 63.2 cm³/mol. The Morgan fingerprint density at radius 1 is 1.40 bits per heavy atom. The van der Waals surface area contributed by atoms with Crippen molar-refractivity contribution in [2.45, 2.75) is 45.3 Å². The summed E-state index contributed by atoms with van der Waals surface area (Å²) in [6.45, 7) is 6.08. The van der Waals surface area contributed by atoms with Crippen LogP contribution in [-0.2, 0) is 0 Å². The highest BCUT2D eigenvalue weighted by Crippen LogP contribution is 2.34. The van der Waals surface area contributed by atoms with Gasteiger partial charge in [0, 0.05) is 5.69 Å². The first-order chi connectivity index (χ1) is 6.99. The second-order valence-electron chi connectivity index (χ2n) is 4.91. The smallest absolute Gasteiger partial charge is 0.0820 e. The fourth-order valence-corrected chi connectivity index (χ4v) is 2.01. The molecule has 1 aliphatic carbocycles. The third-order valence-corrected chi connectivity index (χ3v) is 3.41. The number of aliphatic hydroxyl groups is 1. The molecule has 0 heterocycles. The van der Waals surface area contributed by atoms with Gasteiger partial charge in [-0.1, -0.05) is 12.1 Å². The molecule has 2 heteroatoms. The Labute approximate surface area is 91.3 Å². The van der Waals surface area contributed by atoms with E-state index in [4.69, 9.17) is 0 Å². The maximum absolute atomic E-state index is 9.93. The Hall–Kier alpha value is -1.02. The summed E-state index contributed by atoms with van der Waals surface area (Å²) in [7, 11) is 0. The van der Waals surface area contributed by atoms with Crippen LogP contribution in [0.4, 0.5) is 5.69 Å². The van der Waals surface area contributed by atoms with Crippen LogP contribution in [0.25, 0.3) is 0 Å². The minimum atomic E-state index is -0.532. The molecule has 2 rings (SSSR count). The fraction of sp³-hybridized carbons (Fsp3) is 0.538. The molecule has 0 aliphatic heterocycles. The van der Waals surface area contributed by atoms with E-state index in [0.29, 0.717) is 0 Å². The number of hydrogen-bond donors (Lipinski definition) is 2. The van der Waals surface area contributed by atoms with E-state index in [2.05, 4.69) is 37.4 Å². The van der Waals surface area contributed by atoms with Gasteiger partial charge in [-0.15, -0.1) is 0 Å².